The van der Waals surface area contributed by atoms with E-state index in [-0.39, 0.29) is 11.1 Å². The summed E-state index contributed by atoms with van der Waals surface area (Å²) in [6.07, 6.45) is -1.28. The molecule has 1 amide bonds. The van der Waals surface area contributed by atoms with Crippen LogP contribution in [0.3, 0.4) is 0 Å². The third-order valence-electron chi connectivity index (χ3n) is 2.61. The Morgan fingerprint density at radius 3 is 2.20 bits per heavy atom. The topological polar surface area (TPSA) is 113 Å². The normalized spacial score (nSPS) is 13.2. The van der Waals surface area contributed by atoms with Gasteiger partial charge < -0.3 is 20.3 Å². The molecule has 0 aliphatic heterocycles. The van der Waals surface area contributed by atoms with Crippen LogP contribution >= 0.6 is 0 Å². The van der Waals surface area contributed by atoms with Crippen LogP contribution < -0.4 is 5.32 Å². The molecule has 1 aromatic carbocycles. The van der Waals surface area contributed by atoms with E-state index in [1.807, 2.05) is 0 Å². The molecule has 1 aromatic rings. The maximum absolute atomic E-state index is 12.0. The molecule has 0 spiro atoms. The number of amides is 1. The molecule has 0 heterocycles. The number of methoxy groups -OCH3 is 1. The van der Waals surface area contributed by atoms with Crippen LogP contribution in [0.4, 0.5) is 0 Å². The number of benzene rings is 1. The summed E-state index contributed by atoms with van der Waals surface area (Å²) >= 11 is 0. The first-order chi connectivity index (χ1) is 9.38. The molecule has 0 aliphatic rings. The number of carbonyl (C=O) groups excluding carboxylic acids is 2. The van der Waals surface area contributed by atoms with Gasteiger partial charge in [0, 0.05) is 0 Å². The third kappa shape index (κ3) is 3.55. The molecule has 108 valence electrons. The van der Waals surface area contributed by atoms with Crippen LogP contribution in [0.1, 0.15) is 27.6 Å². The van der Waals surface area contributed by atoms with Gasteiger partial charge in [-0.25, -0.2) is 9.59 Å². The van der Waals surface area contributed by atoms with E-state index in [4.69, 9.17) is 5.11 Å². The second-order valence-electron chi connectivity index (χ2n) is 4.07. The summed E-state index contributed by atoms with van der Waals surface area (Å²) in [5.41, 5.74) is -0.00604. The van der Waals surface area contributed by atoms with Crippen molar-refractivity contribution in [1.29, 1.82) is 0 Å². The number of aliphatic hydroxyl groups excluding tert-OH is 1. The van der Waals surface area contributed by atoms with Crippen molar-refractivity contribution >= 4 is 17.8 Å². The molecule has 2 atom stereocenters. The van der Waals surface area contributed by atoms with E-state index in [1.165, 1.54) is 32.2 Å². The summed E-state index contributed by atoms with van der Waals surface area (Å²) in [6.45, 7) is 1.24. The highest BCUT2D eigenvalue weighted by atomic mass is 16.5. The zero-order valence-electron chi connectivity index (χ0n) is 11.0. The van der Waals surface area contributed by atoms with Crippen LogP contribution in [0.2, 0.25) is 0 Å². The largest absolute Gasteiger partial charge is 0.480 e. The van der Waals surface area contributed by atoms with Crippen molar-refractivity contribution < 1.29 is 29.3 Å². The van der Waals surface area contributed by atoms with Crippen LogP contribution in [-0.2, 0) is 9.53 Å². The van der Waals surface area contributed by atoms with E-state index < -0.39 is 30.0 Å². The first kappa shape index (κ1) is 15.6. The Bertz CT molecular complexity index is 525. The van der Waals surface area contributed by atoms with Crippen LogP contribution in [0.25, 0.3) is 0 Å². The summed E-state index contributed by atoms with van der Waals surface area (Å²) in [7, 11) is 1.17. The molecule has 7 heteroatoms. The second-order valence-corrected chi connectivity index (χ2v) is 4.07. The number of aliphatic hydroxyl groups is 1. The maximum atomic E-state index is 12.0. The van der Waals surface area contributed by atoms with E-state index >= 15 is 0 Å². The van der Waals surface area contributed by atoms with E-state index in [0.29, 0.717) is 0 Å². The SMILES string of the molecule is COC(=O)c1ccccc1C(=O)NC(C(=O)O)C(C)O. The van der Waals surface area contributed by atoms with Gasteiger partial charge in [0.1, 0.15) is 0 Å². The number of aliphatic carboxylic acids is 1. The molecule has 0 bridgehead atoms. The van der Waals surface area contributed by atoms with Gasteiger partial charge in [-0.05, 0) is 19.1 Å². The van der Waals surface area contributed by atoms with Gasteiger partial charge in [-0.2, -0.15) is 0 Å². The molecule has 20 heavy (non-hydrogen) atoms. The zero-order valence-corrected chi connectivity index (χ0v) is 11.0. The lowest BCUT2D eigenvalue weighted by atomic mass is 10.1. The Morgan fingerprint density at radius 2 is 1.75 bits per heavy atom. The molecule has 0 aliphatic carbocycles. The minimum absolute atomic E-state index is 0.0160. The highest BCUT2D eigenvalue weighted by molar-refractivity contribution is 6.06. The third-order valence-corrected chi connectivity index (χ3v) is 2.61. The van der Waals surface area contributed by atoms with E-state index in [1.54, 1.807) is 6.07 Å². The maximum Gasteiger partial charge on any atom is 0.338 e. The summed E-state index contributed by atoms with van der Waals surface area (Å²) in [5, 5.41) is 20.4. The van der Waals surface area contributed by atoms with Gasteiger partial charge >= 0.3 is 11.9 Å². The fraction of sp³-hybridized carbons (Fsp3) is 0.308. The number of carboxylic acid groups (broad SMARTS) is 1. The molecular weight excluding hydrogens is 266 g/mol. The van der Waals surface area contributed by atoms with Crippen molar-refractivity contribution in [2.24, 2.45) is 0 Å². The Morgan fingerprint density at radius 1 is 1.20 bits per heavy atom. The van der Waals surface area contributed by atoms with Gasteiger partial charge in [0.05, 0.1) is 24.3 Å². The molecule has 1 rings (SSSR count). The predicted molar refractivity (Wildman–Crippen MR) is 68.4 cm³/mol. The number of hydrogen-bond donors (Lipinski definition) is 3. The van der Waals surface area contributed by atoms with Crippen molar-refractivity contribution in [1.82, 2.24) is 5.32 Å². The monoisotopic (exact) mass is 281 g/mol. The molecule has 7 nitrogen and oxygen atoms in total. The first-order valence-electron chi connectivity index (χ1n) is 5.77. The smallest absolute Gasteiger partial charge is 0.338 e. The van der Waals surface area contributed by atoms with E-state index in [2.05, 4.69) is 10.1 Å². The number of rotatable bonds is 5. The molecule has 0 aromatic heterocycles. The fourth-order valence-electron chi connectivity index (χ4n) is 1.58. The Labute approximate surface area is 115 Å². The number of carbonyl (C=O) groups is 3. The van der Waals surface area contributed by atoms with Crippen molar-refractivity contribution in [2.75, 3.05) is 7.11 Å². The summed E-state index contributed by atoms with van der Waals surface area (Å²) in [6, 6.07) is 4.36. The van der Waals surface area contributed by atoms with Crippen molar-refractivity contribution in [3.8, 4) is 0 Å². The molecule has 2 unspecified atom stereocenters. The van der Waals surface area contributed by atoms with E-state index in [0.717, 1.165) is 0 Å². The van der Waals surface area contributed by atoms with Crippen LogP contribution in [-0.4, -0.2) is 47.3 Å². The molecule has 0 saturated heterocycles. The van der Waals surface area contributed by atoms with Crippen LogP contribution in [0.15, 0.2) is 24.3 Å². The Kier molecular flexibility index (Phi) is 5.22. The summed E-state index contributed by atoms with van der Waals surface area (Å²) < 4.78 is 4.54. The quantitative estimate of drug-likeness (QED) is 0.657. The minimum Gasteiger partial charge on any atom is -0.480 e. The lowest BCUT2D eigenvalue weighted by molar-refractivity contribution is -0.141. The predicted octanol–water partition coefficient (Wildman–Crippen LogP) is 0.0370. The lowest BCUT2D eigenvalue weighted by Crippen LogP contribution is -2.47. The van der Waals surface area contributed by atoms with Gasteiger partial charge in [0.15, 0.2) is 6.04 Å². The van der Waals surface area contributed by atoms with Gasteiger partial charge in [0.2, 0.25) is 0 Å². The fourth-order valence-corrected chi connectivity index (χ4v) is 1.58. The molecule has 3 N–H and O–H groups in total. The molecule has 0 saturated carbocycles. The van der Waals surface area contributed by atoms with Crippen LogP contribution in [0, 0.1) is 0 Å². The van der Waals surface area contributed by atoms with Crippen LogP contribution in [0.5, 0.6) is 0 Å². The molecule has 0 fully saturated rings. The van der Waals surface area contributed by atoms with Gasteiger partial charge in [-0.1, -0.05) is 12.1 Å². The number of nitrogens with one attached hydrogen (secondary N) is 1. The first-order valence-corrected chi connectivity index (χ1v) is 5.77. The number of ether oxygens (including phenoxy) is 1. The van der Waals surface area contributed by atoms with Gasteiger partial charge in [-0.3, -0.25) is 4.79 Å². The summed E-state index contributed by atoms with van der Waals surface area (Å²) in [4.78, 5) is 34.5. The van der Waals surface area contributed by atoms with Crippen molar-refractivity contribution in [2.45, 2.75) is 19.1 Å². The average molecular weight is 281 g/mol. The standard InChI is InChI=1S/C13H15NO6/c1-7(15)10(12(17)18)14-11(16)8-5-3-4-6-9(8)13(19)20-2/h3-7,10,15H,1-2H3,(H,14,16)(H,17,18). The minimum atomic E-state index is -1.46. The van der Waals surface area contributed by atoms with Crippen molar-refractivity contribution in [3.05, 3.63) is 35.4 Å². The molecule has 0 radical (unpaired) electrons. The number of esters is 1. The number of hydrogen-bond acceptors (Lipinski definition) is 5. The summed E-state index contributed by atoms with van der Waals surface area (Å²) in [5.74, 6) is -2.86. The van der Waals surface area contributed by atoms with Gasteiger partial charge in [-0.15, -0.1) is 0 Å². The van der Waals surface area contributed by atoms with E-state index in [9.17, 15) is 19.5 Å². The van der Waals surface area contributed by atoms with Crippen molar-refractivity contribution in [3.63, 3.8) is 0 Å². The number of carboxylic acids is 1. The highest BCUT2D eigenvalue weighted by Gasteiger charge is 2.27. The zero-order chi connectivity index (χ0) is 15.3. The average Bonchev–Trinajstić information content (AvgIpc) is 2.42. The second kappa shape index (κ2) is 6.67. The molecular formula is C13H15NO6. The highest BCUT2D eigenvalue weighted by Crippen LogP contribution is 2.10. The Hall–Kier alpha value is -2.41. The lowest BCUT2D eigenvalue weighted by Gasteiger charge is -2.17. The van der Waals surface area contributed by atoms with Gasteiger partial charge in [0.25, 0.3) is 5.91 Å². The Balaban J connectivity index is 3.04.